The zero-order valence-corrected chi connectivity index (χ0v) is 22.7. The largest absolute Gasteiger partial charge is 0.507 e. The van der Waals surface area contributed by atoms with E-state index in [2.05, 4.69) is 20.8 Å². The molecule has 198 valence electrons. The van der Waals surface area contributed by atoms with Crippen LogP contribution in [0.1, 0.15) is 52.5 Å². The summed E-state index contributed by atoms with van der Waals surface area (Å²) in [5, 5.41) is 22.8. The van der Waals surface area contributed by atoms with E-state index in [9.17, 15) is 10.2 Å². The maximum absolute atomic E-state index is 11.6. The molecule has 2 aromatic carbocycles. The summed E-state index contributed by atoms with van der Waals surface area (Å²) in [7, 11) is 0. The fourth-order valence-corrected chi connectivity index (χ4v) is 6.90. The van der Waals surface area contributed by atoms with Gasteiger partial charge in [-0.05, 0) is 99.7 Å². The Balaban J connectivity index is 1.57. The number of hydrogen-bond donors (Lipinski definition) is 2. The smallest absolute Gasteiger partial charge is 0.207 e. The lowest BCUT2D eigenvalue weighted by Gasteiger charge is -2.52. The summed E-state index contributed by atoms with van der Waals surface area (Å²) >= 11 is 0. The van der Waals surface area contributed by atoms with Crippen molar-refractivity contribution >= 4 is 0 Å². The number of phenolic OH excluding ortho intramolecular Hbond substituents is 2. The second-order valence-electron chi connectivity index (χ2n) is 11.4. The number of benzene rings is 2. The first kappa shape index (κ1) is 23.8. The van der Waals surface area contributed by atoms with Crippen LogP contribution in [0.5, 0.6) is 28.7 Å². The Kier molecular flexibility index (Phi) is 4.93. The molecule has 0 saturated heterocycles. The second kappa shape index (κ2) is 8.09. The van der Waals surface area contributed by atoms with E-state index in [1.807, 2.05) is 77.2 Å². The third kappa shape index (κ3) is 3.14. The van der Waals surface area contributed by atoms with Gasteiger partial charge in [-0.2, -0.15) is 0 Å². The fourth-order valence-electron chi connectivity index (χ4n) is 6.90. The molecule has 1 unspecified atom stereocenters. The molecule has 4 aromatic rings. The summed E-state index contributed by atoms with van der Waals surface area (Å²) < 4.78 is 17.8. The third-order valence-electron chi connectivity index (χ3n) is 9.39. The molecule has 1 fully saturated rings. The van der Waals surface area contributed by atoms with E-state index in [1.54, 1.807) is 12.1 Å². The molecule has 39 heavy (non-hydrogen) atoms. The topological polar surface area (TPSA) is 68.8 Å². The van der Waals surface area contributed by atoms with Crippen molar-refractivity contribution in [1.29, 1.82) is 0 Å². The van der Waals surface area contributed by atoms with Crippen LogP contribution in [0.25, 0.3) is 11.4 Å². The number of hydrogen-bond acceptors (Lipinski definition) is 4. The minimum atomic E-state index is -1.09. The standard InChI is InChI=1S/C33H32N2O4/c1-20-19-32(3,21(2)23-10-9-22(20)23)33(4)28-26(36)13-11-24(34-15-5-6-16-34)29(28)38-30-25(35-17-7-8-18-35)12-14-27(37)31(30)39-33/h5-8,11-18,36-37H,9-10,19H2,1-4H3/t32?,33-/m0/s1. The first-order valence-electron chi connectivity index (χ1n) is 13.5. The minimum absolute atomic E-state index is 0.0109. The molecule has 3 heterocycles. The van der Waals surface area contributed by atoms with Gasteiger partial charge in [-0.15, -0.1) is 0 Å². The number of aromatic nitrogens is 2. The van der Waals surface area contributed by atoms with E-state index >= 15 is 0 Å². The Morgan fingerprint density at radius 1 is 0.718 bits per heavy atom. The van der Waals surface area contributed by atoms with Gasteiger partial charge < -0.3 is 28.8 Å². The highest BCUT2D eigenvalue weighted by Gasteiger charge is 2.57. The van der Waals surface area contributed by atoms with Gasteiger partial charge in [0.15, 0.2) is 17.2 Å². The van der Waals surface area contributed by atoms with Gasteiger partial charge in [0.1, 0.15) is 11.4 Å². The van der Waals surface area contributed by atoms with Crippen LogP contribution in [0.2, 0.25) is 0 Å². The Morgan fingerprint density at radius 3 is 1.87 bits per heavy atom. The Bertz CT molecular complexity index is 1690. The molecule has 0 radical (unpaired) electrons. The van der Waals surface area contributed by atoms with Crippen LogP contribution in [-0.2, 0) is 5.60 Å². The van der Waals surface area contributed by atoms with Crippen LogP contribution in [-0.4, -0.2) is 19.3 Å². The molecule has 2 N–H and O–H groups in total. The van der Waals surface area contributed by atoms with Gasteiger partial charge in [-0.25, -0.2) is 0 Å². The number of fused-ring (bicyclic) bond motifs is 3. The number of rotatable bonds is 3. The van der Waals surface area contributed by atoms with Crippen LogP contribution in [0.15, 0.2) is 95.6 Å². The number of ether oxygens (including phenoxy) is 2. The fraction of sp³-hybridized carbons (Fsp3) is 0.273. The van der Waals surface area contributed by atoms with Crippen LogP contribution >= 0.6 is 0 Å². The molecule has 1 aliphatic heterocycles. The quantitative estimate of drug-likeness (QED) is 0.288. The lowest BCUT2D eigenvalue weighted by atomic mass is 9.56. The van der Waals surface area contributed by atoms with Crippen molar-refractivity contribution in [2.45, 2.75) is 52.6 Å². The molecule has 1 saturated carbocycles. The lowest BCUT2D eigenvalue weighted by Crippen LogP contribution is -2.49. The molecule has 6 heteroatoms. The normalized spacial score (nSPS) is 23.7. The Hall–Kier alpha value is -4.32. The molecule has 3 aliphatic rings. The number of phenols is 2. The van der Waals surface area contributed by atoms with Gasteiger partial charge in [0.2, 0.25) is 5.75 Å². The Labute approximate surface area is 228 Å². The molecule has 0 bridgehead atoms. The second-order valence-corrected chi connectivity index (χ2v) is 11.4. The molecule has 6 nitrogen and oxygen atoms in total. The molecule has 2 aliphatic carbocycles. The average molecular weight is 521 g/mol. The monoisotopic (exact) mass is 520 g/mol. The van der Waals surface area contributed by atoms with Crippen molar-refractivity contribution < 1.29 is 19.7 Å². The first-order valence-corrected chi connectivity index (χ1v) is 13.5. The van der Waals surface area contributed by atoms with Gasteiger partial charge >= 0.3 is 0 Å². The van der Waals surface area contributed by atoms with E-state index < -0.39 is 11.0 Å². The summed E-state index contributed by atoms with van der Waals surface area (Å²) in [5.41, 5.74) is 5.92. The maximum atomic E-state index is 11.6. The molecule has 0 amide bonds. The summed E-state index contributed by atoms with van der Waals surface area (Å²) in [4.78, 5) is 0. The highest BCUT2D eigenvalue weighted by Crippen LogP contribution is 2.64. The van der Waals surface area contributed by atoms with E-state index in [4.69, 9.17) is 9.47 Å². The summed E-state index contributed by atoms with van der Waals surface area (Å²) in [6.45, 7) is 8.66. The molecule has 2 atom stereocenters. The Morgan fingerprint density at radius 2 is 1.28 bits per heavy atom. The number of nitrogens with zero attached hydrogens (tertiary/aromatic N) is 2. The van der Waals surface area contributed by atoms with Crippen LogP contribution < -0.4 is 9.47 Å². The van der Waals surface area contributed by atoms with Crippen LogP contribution in [0.3, 0.4) is 0 Å². The van der Waals surface area contributed by atoms with E-state index in [-0.39, 0.29) is 17.2 Å². The average Bonchev–Trinajstić information content (AvgIpc) is 3.57. The van der Waals surface area contributed by atoms with Gasteiger partial charge in [0.25, 0.3) is 0 Å². The number of aromatic hydroxyl groups is 2. The predicted molar refractivity (Wildman–Crippen MR) is 150 cm³/mol. The van der Waals surface area contributed by atoms with E-state index in [0.29, 0.717) is 17.1 Å². The van der Waals surface area contributed by atoms with Crippen molar-refractivity contribution in [2.24, 2.45) is 5.41 Å². The van der Waals surface area contributed by atoms with Gasteiger partial charge in [0, 0.05) is 30.2 Å². The number of allylic oxidation sites excluding steroid dienone is 3. The predicted octanol–water partition coefficient (Wildman–Crippen LogP) is 7.92. The van der Waals surface area contributed by atoms with E-state index in [1.165, 1.54) is 22.3 Å². The first-order chi connectivity index (χ1) is 18.7. The zero-order valence-electron chi connectivity index (χ0n) is 22.7. The summed E-state index contributed by atoms with van der Waals surface area (Å²) in [5.74, 6) is 1.25. The highest BCUT2D eigenvalue weighted by molar-refractivity contribution is 5.70. The lowest BCUT2D eigenvalue weighted by molar-refractivity contribution is -0.0254. The van der Waals surface area contributed by atoms with Crippen molar-refractivity contribution in [3.05, 3.63) is 101 Å². The molecular weight excluding hydrogens is 488 g/mol. The zero-order chi connectivity index (χ0) is 27.1. The van der Waals surface area contributed by atoms with Gasteiger partial charge in [0.05, 0.1) is 16.9 Å². The van der Waals surface area contributed by atoms with Crippen LogP contribution in [0, 0.1) is 5.41 Å². The summed E-state index contributed by atoms with van der Waals surface area (Å²) in [6, 6.07) is 14.8. The molecule has 0 spiro atoms. The van der Waals surface area contributed by atoms with Crippen molar-refractivity contribution in [1.82, 2.24) is 9.13 Å². The van der Waals surface area contributed by atoms with Gasteiger partial charge in [-0.3, -0.25) is 0 Å². The highest BCUT2D eigenvalue weighted by atomic mass is 16.6. The van der Waals surface area contributed by atoms with Gasteiger partial charge in [-0.1, -0.05) is 18.1 Å². The van der Waals surface area contributed by atoms with E-state index in [0.717, 1.165) is 30.6 Å². The minimum Gasteiger partial charge on any atom is -0.507 e. The molecular formula is C33H32N2O4. The maximum Gasteiger partial charge on any atom is 0.207 e. The van der Waals surface area contributed by atoms with Crippen molar-refractivity contribution in [3.63, 3.8) is 0 Å². The van der Waals surface area contributed by atoms with Crippen LogP contribution in [0.4, 0.5) is 0 Å². The van der Waals surface area contributed by atoms with Crippen molar-refractivity contribution in [3.8, 4) is 40.1 Å². The third-order valence-corrected chi connectivity index (χ3v) is 9.39. The SMILES string of the molecule is CC1=C2CCC2=C(C)C(C)([C@@]2(C)Oc3c(O)ccc(-n4cccc4)c3Oc3c(-n4cccc4)ccc(O)c32)C1. The molecule has 7 rings (SSSR count). The summed E-state index contributed by atoms with van der Waals surface area (Å²) in [6.07, 6.45) is 10.7. The molecule has 2 aromatic heterocycles. The van der Waals surface area contributed by atoms with Crippen molar-refractivity contribution in [2.75, 3.05) is 0 Å².